The van der Waals surface area contributed by atoms with Gasteiger partial charge in [-0.25, -0.2) is 0 Å². The van der Waals surface area contributed by atoms with Gasteiger partial charge in [0.25, 0.3) is 0 Å². The largest absolute Gasteiger partial charge is 0.466 e. The van der Waals surface area contributed by atoms with Crippen molar-refractivity contribution in [2.24, 2.45) is 0 Å². The number of nitrogens with one attached hydrogen (secondary N) is 1. The van der Waals surface area contributed by atoms with Gasteiger partial charge in [-0.3, -0.25) is 0 Å². The normalized spacial score (nSPS) is 12.8. The lowest BCUT2D eigenvalue weighted by Crippen LogP contribution is -2.24. The number of hydrogen-bond acceptors (Lipinski definition) is 3. The van der Waals surface area contributed by atoms with Crippen molar-refractivity contribution in [3.05, 3.63) is 45.0 Å². The summed E-state index contributed by atoms with van der Waals surface area (Å²) in [7, 11) is 0. The third-order valence-electron chi connectivity index (χ3n) is 3.57. The molecule has 1 atom stereocenters. The summed E-state index contributed by atoms with van der Waals surface area (Å²) in [6.07, 6.45) is 3.32. The Kier molecular flexibility index (Phi) is 5.44. The van der Waals surface area contributed by atoms with Crippen molar-refractivity contribution in [3.8, 4) is 0 Å². The molecule has 2 nitrogen and oxygen atoms in total. The van der Waals surface area contributed by atoms with Gasteiger partial charge in [-0.2, -0.15) is 0 Å². The highest BCUT2D eigenvalue weighted by Gasteiger charge is 2.18. The molecule has 0 fully saturated rings. The summed E-state index contributed by atoms with van der Waals surface area (Å²) in [4.78, 5) is 2.92. The second-order valence-corrected chi connectivity index (χ2v) is 6.55. The van der Waals surface area contributed by atoms with E-state index in [0.29, 0.717) is 6.04 Å². The Morgan fingerprint density at radius 2 is 1.95 bits per heavy atom. The highest BCUT2D eigenvalue weighted by atomic mass is 32.1. The molecular weight excluding hydrogens is 266 g/mol. The maximum Gasteiger partial charge on any atom is 0.105 e. The summed E-state index contributed by atoms with van der Waals surface area (Å²) in [5.41, 5.74) is 1.31. The first-order valence-corrected chi connectivity index (χ1v) is 8.33. The van der Waals surface area contributed by atoms with Crippen LogP contribution in [0.2, 0.25) is 0 Å². The molecule has 2 rings (SSSR count). The van der Waals surface area contributed by atoms with Gasteiger partial charge in [-0.15, -0.1) is 11.3 Å². The summed E-state index contributed by atoms with van der Waals surface area (Å²) in [5, 5.41) is 3.66. The molecule has 0 aliphatic rings. The van der Waals surface area contributed by atoms with Crippen LogP contribution in [0.1, 0.15) is 53.1 Å². The molecule has 0 saturated heterocycles. The molecule has 1 N–H and O–H groups in total. The number of furan rings is 1. The van der Waals surface area contributed by atoms with E-state index >= 15 is 0 Å². The number of rotatable bonds is 7. The minimum atomic E-state index is 0.357. The fourth-order valence-corrected chi connectivity index (χ4v) is 3.53. The molecule has 110 valence electrons. The predicted molar refractivity (Wildman–Crippen MR) is 86.6 cm³/mol. The lowest BCUT2D eigenvalue weighted by atomic mass is 10.0. The van der Waals surface area contributed by atoms with Crippen LogP contribution < -0.4 is 5.32 Å². The number of thiophene rings is 1. The Labute approximate surface area is 126 Å². The Morgan fingerprint density at radius 3 is 2.50 bits per heavy atom. The lowest BCUT2D eigenvalue weighted by molar-refractivity contribution is 0.481. The van der Waals surface area contributed by atoms with E-state index in [4.69, 9.17) is 4.42 Å². The average molecular weight is 291 g/mol. The van der Waals surface area contributed by atoms with E-state index in [9.17, 15) is 0 Å². The van der Waals surface area contributed by atoms with Gasteiger partial charge in [0.2, 0.25) is 0 Å². The second kappa shape index (κ2) is 7.09. The van der Waals surface area contributed by atoms with Crippen LogP contribution in [0.4, 0.5) is 0 Å². The molecule has 2 aromatic rings. The van der Waals surface area contributed by atoms with Gasteiger partial charge < -0.3 is 9.73 Å². The van der Waals surface area contributed by atoms with E-state index in [1.165, 1.54) is 15.3 Å². The maximum atomic E-state index is 5.70. The van der Waals surface area contributed by atoms with Gasteiger partial charge >= 0.3 is 0 Å². The standard InChI is InChI=1S/C17H25NOS/c1-5-9-18-17(16-10-12(3)19-13(16)4)11-15-8-7-14(6-2)20-15/h7-8,10,17-18H,5-6,9,11H2,1-4H3. The topological polar surface area (TPSA) is 25.2 Å². The summed E-state index contributed by atoms with van der Waals surface area (Å²) >= 11 is 1.93. The van der Waals surface area contributed by atoms with E-state index in [-0.39, 0.29) is 0 Å². The minimum absolute atomic E-state index is 0.357. The van der Waals surface area contributed by atoms with E-state index < -0.39 is 0 Å². The Bertz CT molecular complexity index is 541. The molecule has 0 bridgehead atoms. The lowest BCUT2D eigenvalue weighted by Gasteiger charge is -2.17. The summed E-state index contributed by atoms with van der Waals surface area (Å²) in [5.74, 6) is 2.05. The fraction of sp³-hybridized carbons (Fsp3) is 0.529. The third-order valence-corrected chi connectivity index (χ3v) is 4.82. The van der Waals surface area contributed by atoms with Crippen molar-refractivity contribution < 1.29 is 4.42 Å². The smallest absolute Gasteiger partial charge is 0.105 e. The van der Waals surface area contributed by atoms with Crippen LogP contribution in [0.3, 0.4) is 0 Å². The SMILES string of the molecule is CCCNC(Cc1ccc(CC)s1)c1cc(C)oc1C. The van der Waals surface area contributed by atoms with E-state index in [0.717, 1.165) is 37.3 Å². The summed E-state index contributed by atoms with van der Waals surface area (Å²) in [6.45, 7) is 9.55. The van der Waals surface area contributed by atoms with Gasteiger partial charge in [0.1, 0.15) is 11.5 Å². The van der Waals surface area contributed by atoms with Crippen LogP contribution in [-0.4, -0.2) is 6.54 Å². The molecule has 0 spiro atoms. The van der Waals surface area contributed by atoms with Crippen LogP contribution in [-0.2, 0) is 12.8 Å². The van der Waals surface area contributed by atoms with Crippen molar-refractivity contribution in [3.63, 3.8) is 0 Å². The first-order chi connectivity index (χ1) is 9.63. The molecular formula is C17H25NOS. The Morgan fingerprint density at radius 1 is 1.20 bits per heavy atom. The third kappa shape index (κ3) is 3.74. The zero-order valence-corrected chi connectivity index (χ0v) is 13.8. The first-order valence-electron chi connectivity index (χ1n) is 7.52. The highest BCUT2D eigenvalue weighted by molar-refractivity contribution is 7.11. The van der Waals surface area contributed by atoms with Crippen LogP contribution in [0.25, 0.3) is 0 Å². The van der Waals surface area contributed by atoms with E-state index in [1.807, 2.05) is 18.3 Å². The molecule has 0 aliphatic carbocycles. The second-order valence-electron chi connectivity index (χ2n) is 5.30. The minimum Gasteiger partial charge on any atom is -0.466 e. The zero-order chi connectivity index (χ0) is 14.5. The summed E-state index contributed by atoms with van der Waals surface area (Å²) < 4.78 is 5.70. The zero-order valence-electron chi connectivity index (χ0n) is 13.0. The van der Waals surface area contributed by atoms with E-state index in [2.05, 4.69) is 44.3 Å². The van der Waals surface area contributed by atoms with Gasteiger partial charge in [0, 0.05) is 27.8 Å². The molecule has 0 aliphatic heterocycles. The van der Waals surface area contributed by atoms with Gasteiger partial charge in [-0.1, -0.05) is 13.8 Å². The molecule has 2 aromatic heterocycles. The molecule has 0 aromatic carbocycles. The van der Waals surface area contributed by atoms with Crippen LogP contribution in [0.5, 0.6) is 0 Å². The summed E-state index contributed by atoms with van der Waals surface area (Å²) in [6, 6.07) is 7.06. The van der Waals surface area contributed by atoms with Crippen LogP contribution >= 0.6 is 11.3 Å². The van der Waals surface area contributed by atoms with Crippen molar-refractivity contribution in [1.82, 2.24) is 5.32 Å². The molecule has 0 saturated carbocycles. The van der Waals surface area contributed by atoms with Crippen LogP contribution in [0.15, 0.2) is 22.6 Å². The Balaban J connectivity index is 2.16. The quantitative estimate of drug-likeness (QED) is 0.792. The fourth-order valence-electron chi connectivity index (χ4n) is 2.53. The molecule has 2 heterocycles. The van der Waals surface area contributed by atoms with E-state index in [1.54, 1.807) is 0 Å². The van der Waals surface area contributed by atoms with Crippen molar-refractivity contribution in [1.29, 1.82) is 0 Å². The van der Waals surface area contributed by atoms with Crippen LogP contribution in [0, 0.1) is 13.8 Å². The monoisotopic (exact) mass is 291 g/mol. The Hall–Kier alpha value is -1.06. The molecule has 0 amide bonds. The number of aryl methyl sites for hydroxylation is 3. The molecule has 3 heteroatoms. The first kappa shape index (κ1) is 15.3. The van der Waals surface area contributed by atoms with Crippen molar-refractivity contribution >= 4 is 11.3 Å². The predicted octanol–water partition coefficient (Wildman–Crippen LogP) is 4.80. The van der Waals surface area contributed by atoms with Crippen molar-refractivity contribution in [2.45, 2.75) is 53.0 Å². The van der Waals surface area contributed by atoms with Crippen molar-refractivity contribution in [2.75, 3.05) is 6.54 Å². The average Bonchev–Trinajstić information content (AvgIpc) is 3.01. The molecule has 1 unspecified atom stereocenters. The molecule has 20 heavy (non-hydrogen) atoms. The highest BCUT2D eigenvalue weighted by Crippen LogP contribution is 2.28. The van der Waals surface area contributed by atoms with Gasteiger partial charge in [0.15, 0.2) is 0 Å². The number of hydrogen-bond donors (Lipinski definition) is 1. The van der Waals surface area contributed by atoms with Gasteiger partial charge in [-0.05, 0) is 51.4 Å². The maximum absolute atomic E-state index is 5.70. The molecule has 0 radical (unpaired) electrons. The van der Waals surface area contributed by atoms with Gasteiger partial charge in [0.05, 0.1) is 0 Å².